The van der Waals surface area contributed by atoms with Crippen LogP contribution in [0.15, 0.2) is 12.1 Å². The molecule has 0 aliphatic heterocycles. The van der Waals surface area contributed by atoms with Gasteiger partial charge in [0.1, 0.15) is 23.0 Å². The smallest absolute Gasteiger partial charge is 0.323 e. The van der Waals surface area contributed by atoms with Crippen LogP contribution in [0.3, 0.4) is 0 Å². The van der Waals surface area contributed by atoms with E-state index in [4.69, 9.17) is 33.7 Å². The van der Waals surface area contributed by atoms with E-state index < -0.39 is 6.04 Å². The van der Waals surface area contributed by atoms with Crippen LogP contribution in [0.5, 0.6) is 0 Å². The molecule has 0 radical (unpaired) electrons. The van der Waals surface area contributed by atoms with Crippen LogP contribution in [-0.4, -0.2) is 17.0 Å². The lowest BCUT2D eigenvalue weighted by Crippen LogP contribution is -2.39. The maximum absolute atomic E-state index is 11.7. The molecule has 1 saturated carbocycles. The summed E-state index contributed by atoms with van der Waals surface area (Å²) in [4.78, 5) is 15.6. The first-order valence-corrected chi connectivity index (χ1v) is 6.40. The zero-order chi connectivity index (χ0) is 13.3. The minimum absolute atomic E-state index is 0.0926. The van der Waals surface area contributed by atoms with E-state index >= 15 is 0 Å². The molecule has 98 valence electrons. The van der Waals surface area contributed by atoms with E-state index in [0.717, 1.165) is 12.8 Å². The van der Waals surface area contributed by atoms with Crippen molar-refractivity contribution in [1.29, 1.82) is 0 Å². The van der Waals surface area contributed by atoms with Gasteiger partial charge in [0.15, 0.2) is 0 Å². The highest BCUT2D eigenvalue weighted by Crippen LogP contribution is 2.47. The molecule has 1 atom stereocenters. The summed E-state index contributed by atoms with van der Waals surface area (Å²) in [6, 6.07) is 2.64. The third-order valence-electron chi connectivity index (χ3n) is 3.25. The Kier molecular flexibility index (Phi) is 3.80. The number of pyridine rings is 1. The van der Waals surface area contributed by atoms with Crippen LogP contribution >= 0.6 is 23.2 Å². The summed E-state index contributed by atoms with van der Waals surface area (Å²) >= 11 is 11.5. The van der Waals surface area contributed by atoms with Crippen LogP contribution in [0.4, 0.5) is 0 Å². The molecule has 0 bridgehead atoms. The maximum atomic E-state index is 11.7. The lowest BCUT2D eigenvalue weighted by atomic mass is 10.0. The van der Waals surface area contributed by atoms with E-state index in [9.17, 15) is 4.79 Å². The predicted octanol–water partition coefficient (Wildman–Crippen LogP) is 2.56. The summed E-state index contributed by atoms with van der Waals surface area (Å²) in [5, 5.41) is 0.541. The number of hydrogen-bond acceptors (Lipinski definition) is 4. The highest BCUT2D eigenvalue weighted by molar-refractivity contribution is 6.32. The summed E-state index contributed by atoms with van der Waals surface area (Å²) in [5.41, 5.74) is 6.44. The fourth-order valence-corrected chi connectivity index (χ4v) is 2.14. The molecular formula is C12H14Cl2N2O2. The average molecular weight is 289 g/mol. The van der Waals surface area contributed by atoms with E-state index in [0.29, 0.717) is 5.56 Å². The van der Waals surface area contributed by atoms with Gasteiger partial charge in [-0.25, -0.2) is 4.98 Å². The van der Waals surface area contributed by atoms with Crippen LogP contribution < -0.4 is 5.73 Å². The second kappa shape index (κ2) is 5.03. The minimum atomic E-state index is -0.565. The summed E-state index contributed by atoms with van der Waals surface area (Å²) in [5.74, 6) is -0.390. The SMILES string of the molecule is CC1([C@H](N)C(=O)OCc2cc(Cl)nc(Cl)c2)CC1. The number of nitrogens with zero attached hydrogens (tertiary/aromatic N) is 1. The van der Waals surface area contributed by atoms with Gasteiger partial charge in [-0.15, -0.1) is 0 Å². The van der Waals surface area contributed by atoms with Gasteiger partial charge in [-0.05, 0) is 36.0 Å². The van der Waals surface area contributed by atoms with Crippen molar-refractivity contribution in [2.45, 2.75) is 32.4 Å². The molecule has 0 aromatic carbocycles. The van der Waals surface area contributed by atoms with Crippen molar-refractivity contribution >= 4 is 29.2 Å². The van der Waals surface area contributed by atoms with Gasteiger partial charge in [0.25, 0.3) is 0 Å². The maximum Gasteiger partial charge on any atom is 0.323 e. The second-order valence-corrected chi connectivity index (χ2v) is 5.63. The fraction of sp³-hybridized carbons (Fsp3) is 0.500. The van der Waals surface area contributed by atoms with Gasteiger partial charge in [0.2, 0.25) is 0 Å². The second-order valence-electron chi connectivity index (χ2n) is 4.86. The number of nitrogens with two attached hydrogens (primary N) is 1. The summed E-state index contributed by atoms with van der Waals surface area (Å²) in [6.07, 6.45) is 1.94. The highest BCUT2D eigenvalue weighted by Gasteiger charge is 2.47. The van der Waals surface area contributed by atoms with Crippen molar-refractivity contribution in [3.63, 3.8) is 0 Å². The predicted molar refractivity (Wildman–Crippen MR) is 69.4 cm³/mol. The van der Waals surface area contributed by atoms with Gasteiger partial charge in [-0.1, -0.05) is 30.1 Å². The molecule has 1 fully saturated rings. The molecule has 1 heterocycles. The fourth-order valence-electron chi connectivity index (χ4n) is 1.63. The van der Waals surface area contributed by atoms with Crippen molar-refractivity contribution in [2.24, 2.45) is 11.1 Å². The van der Waals surface area contributed by atoms with Gasteiger partial charge in [0.05, 0.1) is 0 Å². The highest BCUT2D eigenvalue weighted by atomic mass is 35.5. The number of hydrogen-bond donors (Lipinski definition) is 1. The van der Waals surface area contributed by atoms with Gasteiger partial charge < -0.3 is 10.5 Å². The van der Waals surface area contributed by atoms with Gasteiger partial charge in [0, 0.05) is 0 Å². The molecule has 0 unspecified atom stereocenters. The summed E-state index contributed by atoms with van der Waals surface area (Å²) in [6.45, 7) is 2.09. The van der Waals surface area contributed by atoms with Gasteiger partial charge in [-0.3, -0.25) is 4.79 Å². The summed E-state index contributed by atoms with van der Waals surface area (Å²) < 4.78 is 5.16. The molecular weight excluding hydrogens is 275 g/mol. The Hall–Kier alpha value is -0.840. The van der Waals surface area contributed by atoms with Crippen LogP contribution in [0, 0.1) is 5.41 Å². The molecule has 6 heteroatoms. The van der Waals surface area contributed by atoms with Crippen LogP contribution in [-0.2, 0) is 16.1 Å². The molecule has 2 N–H and O–H groups in total. The first kappa shape index (κ1) is 13.6. The van der Waals surface area contributed by atoms with Crippen molar-refractivity contribution in [2.75, 3.05) is 0 Å². The van der Waals surface area contributed by atoms with Crippen LogP contribution in [0.2, 0.25) is 10.3 Å². The molecule has 4 nitrogen and oxygen atoms in total. The van der Waals surface area contributed by atoms with E-state index in [2.05, 4.69) is 4.98 Å². The molecule has 0 saturated heterocycles. The first-order valence-electron chi connectivity index (χ1n) is 5.65. The van der Waals surface area contributed by atoms with Crippen molar-refractivity contribution < 1.29 is 9.53 Å². The normalized spacial score (nSPS) is 18.2. The van der Waals surface area contributed by atoms with Crippen molar-refractivity contribution in [3.05, 3.63) is 28.0 Å². The quantitative estimate of drug-likeness (QED) is 0.683. The molecule has 0 amide bonds. The molecule has 18 heavy (non-hydrogen) atoms. The Balaban J connectivity index is 1.93. The Labute approximate surface area is 115 Å². The Morgan fingerprint density at radius 3 is 2.56 bits per heavy atom. The Morgan fingerprint density at radius 1 is 1.50 bits per heavy atom. The molecule has 1 aliphatic rings. The number of halogens is 2. The lowest BCUT2D eigenvalue weighted by molar-refractivity contribution is -0.148. The summed E-state index contributed by atoms with van der Waals surface area (Å²) in [7, 11) is 0. The number of rotatable bonds is 4. The van der Waals surface area contributed by atoms with Crippen molar-refractivity contribution in [3.8, 4) is 0 Å². The molecule has 1 aromatic heterocycles. The standard InChI is InChI=1S/C12H14Cl2N2O2/c1-12(2-3-12)10(15)11(17)18-6-7-4-8(13)16-9(14)5-7/h4-5,10H,2-3,6,15H2,1H3/t10-/m1/s1. The third-order valence-corrected chi connectivity index (χ3v) is 3.63. The third kappa shape index (κ3) is 3.13. The molecule has 0 spiro atoms. The minimum Gasteiger partial charge on any atom is -0.460 e. The zero-order valence-corrected chi connectivity index (χ0v) is 11.5. The average Bonchev–Trinajstić information content (AvgIpc) is 3.03. The van der Waals surface area contributed by atoms with E-state index in [1.165, 1.54) is 0 Å². The number of carbonyl (C=O) groups excluding carboxylic acids is 1. The van der Waals surface area contributed by atoms with Gasteiger partial charge >= 0.3 is 5.97 Å². The first-order chi connectivity index (χ1) is 8.40. The topological polar surface area (TPSA) is 65.2 Å². The van der Waals surface area contributed by atoms with E-state index in [1.54, 1.807) is 12.1 Å². The van der Waals surface area contributed by atoms with Crippen LogP contribution in [0.25, 0.3) is 0 Å². The molecule has 1 aliphatic carbocycles. The van der Waals surface area contributed by atoms with Crippen molar-refractivity contribution in [1.82, 2.24) is 4.98 Å². The van der Waals surface area contributed by atoms with E-state index in [-0.39, 0.29) is 28.3 Å². The Morgan fingerprint density at radius 2 is 2.06 bits per heavy atom. The van der Waals surface area contributed by atoms with Crippen LogP contribution in [0.1, 0.15) is 25.3 Å². The molecule has 1 aromatic rings. The molecule has 2 rings (SSSR count). The lowest BCUT2D eigenvalue weighted by Gasteiger charge is -2.17. The zero-order valence-electron chi connectivity index (χ0n) is 9.95. The van der Waals surface area contributed by atoms with Gasteiger partial charge in [-0.2, -0.15) is 0 Å². The monoisotopic (exact) mass is 288 g/mol. The number of aromatic nitrogens is 1. The Bertz CT molecular complexity index is 455. The number of ether oxygens (including phenoxy) is 1. The largest absolute Gasteiger partial charge is 0.460 e. The number of carbonyl (C=O) groups is 1. The van der Waals surface area contributed by atoms with E-state index in [1.807, 2.05) is 6.92 Å². The number of esters is 1.